The number of ether oxygens (including phenoxy) is 1. The molecule has 1 aromatic heterocycles. The predicted molar refractivity (Wildman–Crippen MR) is 78.2 cm³/mol. The first kappa shape index (κ1) is 14.5. The monoisotopic (exact) mass is 303 g/mol. The minimum atomic E-state index is -0.631. The maximum atomic E-state index is 12.3. The van der Waals surface area contributed by atoms with Crippen LogP contribution in [0.25, 0.3) is 11.5 Å². The van der Waals surface area contributed by atoms with Gasteiger partial charge >= 0.3 is 5.76 Å². The van der Waals surface area contributed by atoms with Gasteiger partial charge in [-0.15, -0.1) is 5.10 Å². The largest absolute Gasteiger partial charge is 0.437 e. The minimum absolute atomic E-state index is 0.00236. The van der Waals surface area contributed by atoms with Gasteiger partial charge in [0.15, 0.2) is 0 Å². The van der Waals surface area contributed by atoms with Gasteiger partial charge in [0, 0.05) is 12.1 Å². The number of morpholine rings is 1. The molecule has 7 heteroatoms. The Kier molecular flexibility index (Phi) is 4.06. The first-order valence-electron chi connectivity index (χ1n) is 7.16. The average Bonchev–Trinajstić information content (AvgIpc) is 2.89. The molecule has 0 unspecified atom stereocenters. The van der Waals surface area contributed by atoms with Crippen molar-refractivity contribution in [3.63, 3.8) is 0 Å². The van der Waals surface area contributed by atoms with E-state index in [0.29, 0.717) is 25.3 Å². The quantitative estimate of drug-likeness (QED) is 0.836. The summed E-state index contributed by atoms with van der Waals surface area (Å²) in [4.78, 5) is 25.9. The van der Waals surface area contributed by atoms with Gasteiger partial charge in [0.25, 0.3) is 0 Å². The Morgan fingerprint density at radius 2 is 2.14 bits per heavy atom. The molecule has 1 fully saturated rings. The Hall–Kier alpha value is -2.41. The van der Waals surface area contributed by atoms with Gasteiger partial charge in [-0.3, -0.25) is 4.79 Å². The highest BCUT2D eigenvalue weighted by atomic mass is 16.5. The van der Waals surface area contributed by atoms with E-state index in [9.17, 15) is 9.59 Å². The van der Waals surface area contributed by atoms with Gasteiger partial charge in [-0.25, -0.2) is 4.79 Å². The molecule has 1 aliphatic heterocycles. The van der Waals surface area contributed by atoms with Crippen LogP contribution in [0.1, 0.15) is 6.92 Å². The normalized spacial score (nSPS) is 18.4. The molecule has 3 rings (SSSR count). The maximum absolute atomic E-state index is 12.3. The van der Waals surface area contributed by atoms with Crippen LogP contribution in [0.3, 0.4) is 0 Å². The van der Waals surface area contributed by atoms with Crippen LogP contribution in [0.2, 0.25) is 0 Å². The molecule has 2 heterocycles. The average molecular weight is 303 g/mol. The van der Waals surface area contributed by atoms with Crippen molar-refractivity contribution in [2.24, 2.45) is 0 Å². The van der Waals surface area contributed by atoms with Gasteiger partial charge in [0.05, 0.1) is 19.3 Å². The van der Waals surface area contributed by atoms with Gasteiger partial charge in [-0.1, -0.05) is 18.2 Å². The lowest BCUT2D eigenvalue weighted by atomic mass is 10.2. The number of carbonyl (C=O) groups excluding carboxylic acids is 1. The SMILES string of the molecule is C[C@@H]1COCCN1C(=O)Cn1nc(-c2ccccc2)oc1=O. The second-order valence-corrected chi connectivity index (χ2v) is 5.21. The third-order valence-corrected chi connectivity index (χ3v) is 3.60. The van der Waals surface area contributed by atoms with E-state index in [4.69, 9.17) is 9.15 Å². The summed E-state index contributed by atoms with van der Waals surface area (Å²) in [5, 5.41) is 4.10. The second-order valence-electron chi connectivity index (χ2n) is 5.21. The fourth-order valence-electron chi connectivity index (χ4n) is 2.42. The lowest BCUT2D eigenvalue weighted by Crippen LogP contribution is -2.48. The number of amides is 1. The molecule has 0 aliphatic carbocycles. The number of benzene rings is 1. The maximum Gasteiger partial charge on any atom is 0.437 e. The molecule has 0 N–H and O–H groups in total. The molecule has 116 valence electrons. The van der Waals surface area contributed by atoms with Gasteiger partial charge < -0.3 is 14.1 Å². The third-order valence-electron chi connectivity index (χ3n) is 3.60. The van der Waals surface area contributed by atoms with E-state index in [-0.39, 0.29) is 24.4 Å². The van der Waals surface area contributed by atoms with Crippen molar-refractivity contribution in [3.8, 4) is 11.5 Å². The van der Waals surface area contributed by atoms with E-state index in [0.717, 1.165) is 4.68 Å². The summed E-state index contributed by atoms with van der Waals surface area (Å²) in [6, 6.07) is 9.10. The summed E-state index contributed by atoms with van der Waals surface area (Å²) in [6.45, 7) is 3.34. The van der Waals surface area contributed by atoms with Crippen LogP contribution in [0.5, 0.6) is 0 Å². The summed E-state index contributed by atoms with van der Waals surface area (Å²) in [6.07, 6.45) is 0. The van der Waals surface area contributed by atoms with Crippen LogP contribution in [-0.2, 0) is 16.1 Å². The minimum Gasteiger partial charge on any atom is -0.388 e. The lowest BCUT2D eigenvalue weighted by molar-refractivity contribution is -0.140. The standard InChI is InChI=1S/C15H17N3O4/c1-11-10-21-8-7-17(11)13(19)9-18-15(20)22-14(16-18)12-5-3-2-4-6-12/h2-6,11H,7-10H2,1H3/t11-/m1/s1. The molecular weight excluding hydrogens is 286 g/mol. The Bertz CT molecular complexity index is 707. The summed E-state index contributed by atoms with van der Waals surface area (Å²) in [5.41, 5.74) is 0.700. The van der Waals surface area contributed by atoms with Crippen LogP contribution in [0.4, 0.5) is 0 Å². The summed E-state index contributed by atoms with van der Waals surface area (Å²) in [7, 11) is 0. The molecule has 0 radical (unpaired) electrons. The first-order valence-corrected chi connectivity index (χ1v) is 7.16. The van der Waals surface area contributed by atoms with E-state index in [1.165, 1.54) is 0 Å². The van der Waals surface area contributed by atoms with Crippen molar-refractivity contribution >= 4 is 5.91 Å². The highest BCUT2D eigenvalue weighted by Crippen LogP contribution is 2.14. The molecule has 7 nitrogen and oxygen atoms in total. The van der Waals surface area contributed by atoms with Gasteiger partial charge in [-0.2, -0.15) is 4.68 Å². The number of aromatic nitrogens is 2. The lowest BCUT2D eigenvalue weighted by Gasteiger charge is -2.33. The van der Waals surface area contributed by atoms with Gasteiger partial charge in [0.1, 0.15) is 6.54 Å². The van der Waals surface area contributed by atoms with Crippen LogP contribution in [0, 0.1) is 0 Å². The fourth-order valence-corrected chi connectivity index (χ4v) is 2.42. The molecule has 1 atom stereocenters. The highest BCUT2D eigenvalue weighted by Gasteiger charge is 2.25. The number of carbonyl (C=O) groups is 1. The topological polar surface area (TPSA) is 77.6 Å². The zero-order valence-corrected chi connectivity index (χ0v) is 12.3. The molecule has 1 aliphatic rings. The second kappa shape index (κ2) is 6.15. The van der Waals surface area contributed by atoms with E-state index < -0.39 is 5.76 Å². The molecule has 1 aromatic carbocycles. The Balaban J connectivity index is 1.77. The van der Waals surface area contributed by atoms with E-state index in [1.807, 2.05) is 25.1 Å². The number of hydrogen-bond donors (Lipinski definition) is 0. The van der Waals surface area contributed by atoms with Crippen molar-refractivity contribution in [2.45, 2.75) is 19.5 Å². The molecule has 0 saturated carbocycles. The summed E-state index contributed by atoms with van der Waals surface area (Å²) < 4.78 is 11.5. The van der Waals surface area contributed by atoms with E-state index >= 15 is 0 Å². The van der Waals surface area contributed by atoms with Crippen molar-refractivity contribution in [1.82, 2.24) is 14.7 Å². The van der Waals surface area contributed by atoms with Crippen molar-refractivity contribution in [3.05, 3.63) is 40.9 Å². The van der Waals surface area contributed by atoms with Crippen molar-refractivity contribution in [1.29, 1.82) is 0 Å². The summed E-state index contributed by atoms with van der Waals surface area (Å²) in [5.74, 6) is -0.577. The van der Waals surface area contributed by atoms with Gasteiger partial charge in [-0.05, 0) is 19.1 Å². The van der Waals surface area contributed by atoms with Gasteiger partial charge in [0.2, 0.25) is 11.8 Å². The molecule has 0 bridgehead atoms. The highest BCUT2D eigenvalue weighted by molar-refractivity contribution is 5.76. The Morgan fingerprint density at radius 3 is 2.86 bits per heavy atom. The zero-order chi connectivity index (χ0) is 15.5. The molecule has 22 heavy (non-hydrogen) atoms. The van der Waals surface area contributed by atoms with Crippen molar-refractivity contribution in [2.75, 3.05) is 19.8 Å². The number of nitrogens with zero attached hydrogens (tertiary/aromatic N) is 3. The molecule has 1 saturated heterocycles. The predicted octanol–water partition coefficient (Wildman–Crippen LogP) is 0.751. The fraction of sp³-hybridized carbons (Fsp3) is 0.400. The van der Waals surface area contributed by atoms with Crippen LogP contribution >= 0.6 is 0 Å². The third kappa shape index (κ3) is 2.94. The van der Waals surface area contributed by atoms with Crippen LogP contribution < -0.4 is 5.76 Å². The van der Waals surface area contributed by atoms with Crippen LogP contribution in [-0.4, -0.2) is 46.4 Å². The van der Waals surface area contributed by atoms with E-state index in [2.05, 4.69) is 5.10 Å². The Morgan fingerprint density at radius 1 is 1.36 bits per heavy atom. The smallest absolute Gasteiger partial charge is 0.388 e. The molecule has 1 amide bonds. The van der Waals surface area contributed by atoms with Crippen LogP contribution in [0.15, 0.2) is 39.5 Å². The Labute approximate surface area is 127 Å². The summed E-state index contributed by atoms with van der Waals surface area (Å²) >= 11 is 0. The molecule has 0 spiro atoms. The molecular formula is C15H17N3O4. The molecule has 2 aromatic rings. The van der Waals surface area contributed by atoms with E-state index in [1.54, 1.807) is 17.0 Å². The zero-order valence-electron chi connectivity index (χ0n) is 12.3. The number of rotatable bonds is 3. The first-order chi connectivity index (χ1) is 10.6. The number of hydrogen-bond acceptors (Lipinski definition) is 5. The van der Waals surface area contributed by atoms with Crippen molar-refractivity contribution < 1.29 is 13.9 Å².